The quantitative estimate of drug-likeness (QED) is 0.829. The van der Waals surface area contributed by atoms with E-state index in [-0.39, 0.29) is 24.2 Å². The molecule has 2 atom stereocenters. The Morgan fingerprint density at radius 3 is 2.62 bits per heavy atom. The lowest BCUT2D eigenvalue weighted by molar-refractivity contribution is -0.122. The standard InChI is InChI=1S/C18H24ClN3O2/c1-12-10-14(12)18(24)20-7-6-17(23)21-13-4-5-16(15(19)11-13)22-8-2-3-9-22/h4-5,11-12,14H,2-3,6-10H2,1H3,(H,20,24)(H,21,23)/t12-,14+/m0/s1. The zero-order chi connectivity index (χ0) is 17.1. The molecular formula is C18H24ClN3O2. The van der Waals surface area contributed by atoms with Gasteiger partial charge >= 0.3 is 0 Å². The zero-order valence-electron chi connectivity index (χ0n) is 14.0. The van der Waals surface area contributed by atoms with E-state index >= 15 is 0 Å². The second kappa shape index (κ2) is 7.43. The lowest BCUT2D eigenvalue weighted by atomic mass is 10.2. The van der Waals surface area contributed by atoms with Gasteiger partial charge in [0.1, 0.15) is 0 Å². The van der Waals surface area contributed by atoms with E-state index in [1.165, 1.54) is 12.8 Å². The molecule has 2 N–H and O–H groups in total. The molecule has 1 saturated carbocycles. The highest BCUT2D eigenvalue weighted by Crippen LogP contribution is 2.37. The number of rotatable bonds is 6. The molecule has 1 aromatic rings. The smallest absolute Gasteiger partial charge is 0.226 e. The van der Waals surface area contributed by atoms with Crippen molar-refractivity contribution in [2.24, 2.45) is 11.8 Å². The first-order chi connectivity index (χ1) is 11.5. The SMILES string of the molecule is C[C@H]1C[C@H]1C(=O)NCCC(=O)Nc1ccc(N2CCCC2)c(Cl)c1. The molecule has 0 unspecified atom stereocenters. The summed E-state index contributed by atoms with van der Waals surface area (Å²) in [6.45, 7) is 4.50. The first kappa shape index (κ1) is 17.1. The first-order valence-corrected chi connectivity index (χ1v) is 9.04. The molecule has 5 nitrogen and oxygen atoms in total. The molecule has 1 aromatic carbocycles. The lowest BCUT2D eigenvalue weighted by Gasteiger charge is -2.19. The fourth-order valence-corrected chi connectivity index (χ4v) is 3.44. The second-order valence-corrected chi connectivity index (χ2v) is 7.18. The van der Waals surface area contributed by atoms with E-state index in [0.717, 1.165) is 25.2 Å². The van der Waals surface area contributed by atoms with Crippen molar-refractivity contribution in [1.82, 2.24) is 5.32 Å². The molecule has 3 rings (SSSR count). The van der Waals surface area contributed by atoms with Crippen LogP contribution in [0.25, 0.3) is 0 Å². The van der Waals surface area contributed by atoms with Crippen LogP contribution in [0.3, 0.4) is 0 Å². The number of halogens is 1. The predicted octanol–water partition coefficient (Wildman–Crippen LogP) is 3.04. The molecule has 0 spiro atoms. The maximum Gasteiger partial charge on any atom is 0.226 e. The Kier molecular flexibility index (Phi) is 5.29. The van der Waals surface area contributed by atoms with Crippen LogP contribution in [0.2, 0.25) is 5.02 Å². The number of nitrogens with one attached hydrogen (secondary N) is 2. The molecule has 24 heavy (non-hydrogen) atoms. The fraction of sp³-hybridized carbons (Fsp3) is 0.556. The van der Waals surface area contributed by atoms with Crippen LogP contribution in [-0.2, 0) is 9.59 Å². The Balaban J connectivity index is 1.45. The van der Waals surface area contributed by atoms with E-state index in [1.807, 2.05) is 12.1 Å². The van der Waals surface area contributed by atoms with Gasteiger partial charge in [-0.3, -0.25) is 9.59 Å². The van der Waals surface area contributed by atoms with E-state index in [2.05, 4.69) is 22.5 Å². The third-order valence-corrected chi connectivity index (χ3v) is 5.08. The largest absolute Gasteiger partial charge is 0.370 e. The highest BCUT2D eigenvalue weighted by atomic mass is 35.5. The maximum atomic E-state index is 12.0. The molecule has 130 valence electrons. The molecule has 2 amide bonds. The van der Waals surface area contributed by atoms with Crippen molar-refractivity contribution in [2.75, 3.05) is 29.9 Å². The summed E-state index contributed by atoms with van der Waals surface area (Å²) in [5.41, 5.74) is 1.72. The summed E-state index contributed by atoms with van der Waals surface area (Å²) >= 11 is 6.34. The van der Waals surface area contributed by atoms with Crippen LogP contribution in [0.4, 0.5) is 11.4 Å². The van der Waals surface area contributed by atoms with Crippen LogP contribution < -0.4 is 15.5 Å². The highest BCUT2D eigenvalue weighted by molar-refractivity contribution is 6.33. The van der Waals surface area contributed by atoms with Crippen LogP contribution >= 0.6 is 11.6 Å². The molecule has 0 bridgehead atoms. The van der Waals surface area contributed by atoms with Crippen molar-refractivity contribution in [3.8, 4) is 0 Å². The Morgan fingerprint density at radius 2 is 2.00 bits per heavy atom. The molecular weight excluding hydrogens is 326 g/mol. The van der Waals surface area contributed by atoms with E-state index < -0.39 is 0 Å². The van der Waals surface area contributed by atoms with E-state index in [0.29, 0.717) is 23.2 Å². The minimum atomic E-state index is -0.121. The van der Waals surface area contributed by atoms with Gasteiger partial charge in [0.2, 0.25) is 11.8 Å². The van der Waals surface area contributed by atoms with Crippen molar-refractivity contribution in [3.63, 3.8) is 0 Å². The summed E-state index contributed by atoms with van der Waals surface area (Å²) in [6.07, 6.45) is 3.61. The molecule has 1 aliphatic heterocycles. The van der Waals surface area contributed by atoms with Gasteiger partial charge < -0.3 is 15.5 Å². The molecule has 2 aliphatic rings. The topological polar surface area (TPSA) is 61.4 Å². The van der Waals surface area contributed by atoms with Gasteiger partial charge in [0.25, 0.3) is 0 Å². The molecule has 1 saturated heterocycles. The summed E-state index contributed by atoms with van der Waals surface area (Å²) in [5.74, 6) is 0.567. The monoisotopic (exact) mass is 349 g/mol. The Hall–Kier alpha value is -1.75. The molecule has 0 aromatic heterocycles. The van der Waals surface area contributed by atoms with Crippen molar-refractivity contribution in [3.05, 3.63) is 23.2 Å². The van der Waals surface area contributed by atoms with Gasteiger partial charge in [0.05, 0.1) is 10.7 Å². The van der Waals surface area contributed by atoms with Crippen molar-refractivity contribution < 1.29 is 9.59 Å². The van der Waals surface area contributed by atoms with E-state index in [9.17, 15) is 9.59 Å². The lowest BCUT2D eigenvalue weighted by Crippen LogP contribution is -2.29. The van der Waals surface area contributed by atoms with Gasteiger partial charge in [0, 0.05) is 37.7 Å². The van der Waals surface area contributed by atoms with E-state index in [1.54, 1.807) is 6.07 Å². The van der Waals surface area contributed by atoms with Gasteiger partial charge in [-0.05, 0) is 43.4 Å². The summed E-state index contributed by atoms with van der Waals surface area (Å²) in [6, 6.07) is 5.62. The number of benzene rings is 1. The Labute approximate surface area is 147 Å². The van der Waals surface area contributed by atoms with Crippen LogP contribution in [0.5, 0.6) is 0 Å². The average Bonchev–Trinajstić information content (AvgIpc) is 3.05. The number of amides is 2. The number of carbonyl (C=O) groups is 2. The van der Waals surface area contributed by atoms with Gasteiger partial charge in [-0.15, -0.1) is 0 Å². The number of hydrogen-bond donors (Lipinski definition) is 2. The van der Waals surface area contributed by atoms with Gasteiger partial charge in [-0.25, -0.2) is 0 Å². The summed E-state index contributed by atoms with van der Waals surface area (Å²) in [7, 11) is 0. The minimum absolute atomic E-state index is 0.0633. The number of hydrogen-bond acceptors (Lipinski definition) is 3. The van der Waals surface area contributed by atoms with Gasteiger partial charge in [-0.1, -0.05) is 18.5 Å². The first-order valence-electron chi connectivity index (χ1n) is 8.66. The Bertz CT molecular complexity index is 629. The summed E-state index contributed by atoms with van der Waals surface area (Å²) < 4.78 is 0. The van der Waals surface area contributed by atoms with E-state index in [4.69, 9.17) is 11.6 Å². The molecule has 6 heteroatoms. The highest BCUT2D eigenvalue weighted by Gasteiger charge is 2.38. The second-order valence-electron chi connectivity index (χ2n) is 6.77. The van der Waals surface area contributed by atoms with Gasteiger partial charge in [-0.2, -0.15) is 0 Å². The number of nitrogens with zero attached hydrogens (tertiary/aromatic N) is 1. The fourth-order valence-electron chi connectivity index (χ4n) is 3.14. The number of anilines is 2. The van der Waals surface area contributed by atoms with Gasteiger partial charge in [0.15, 0.2) is 0 Å². The summed E-state index contributed by atoms with van der Waals surface area (Å²) in [4.78, 5) is 25.9. The van der Waals surface area contributed by atoms with Crippen molar-refractivity contribution >= 4 is 34.8 Å². The third-order valence-electron chi connectivity index (χ3n) is 4.78. The molecule has 2 fully saturated rings. The van der Waals surface area contributed by atoms with Crippen LogP contribution in [-0.4, -0.2) is 31.4 Å². The van der Waals surface area contributed by atoms with Crippen LogP contribution in [0.1, 0.15) is 32.6 Å². The van der Waals surface area contributed by atoms with Crippen LogP contribution in [0.15, 0.2) is 18.2 Å². The zero-order valence-corrected chi connectivity index (χ0v) is 14.7. The molecule has 1 heterocycles. The average molecular weight is 350 g/mol. The van der Waals surface area contributed by atoms with Crippen LogP contribution in [0, 0.1) is 11.8 Å². The minimum Gasteiger partial charge on any atom is -0.370 e. The number of carbonyl (C=O) groups excluding carboxylic acids is 2. The predicted molar refractivity (Wildman–Crippen MR) is 96.4 cm³/mol. The van der Waals surface area contributed by atoms with Crippen molar-refractivity contribution in [1.29, 1.82) is 0 Å². The molecule has 0 radical (unpaired) electrons. The maximum absolute atomic E-state index is 12.0. The summed E-state index contributed by atoms with van der Waals surface area (Å²) in [5, 5.41) is 6.31. The normalized spacial score (nSPS) is 22.3. The molecule has 1 aliphatic carbocycles. The third kappa shape index (κ3) is 4.20. The Morgan fingerprint density at radius 1 is 1.29 bits per heavy atom. The van der Waals surface area contributed by atoms with Crippen molar-refractivity contribution in [2.45, 2.75) is 32.6 Å².